The van der Waals surface area contributed by atoms with Gasteiger partial charge in [0.2, 0.25) is 12.4 Å². The molecule has 0 bridgehead atoms. The van der Waals surface area contributed by atoms with Gasteiger partial charge in [-0.05, 0) is 0 Å². The van der Waals surface area contributed by atoms with Gasteiger partial charge in [-0.3, -0.25) is 5.21 Å². The Bertz CT molecular complexity index is 139. The van der Waals surface area contributed by atoms with E-state index >= 15 is 0 Å². The lowest BCUT2D eigenvalue weighted by atomic mass is 10.5. The number of nitrogens with zero attached hydrogens (tertiary/aromatic N) is 1. The van der Waals surface area contributed by atoms with Gasteiger partial charge >= 0.3 is 0 Å². The number of rotatable bonds is 0. The Kier molecular flexibility index (Phi) is 4.50. The van der Waals surface area contributed by atoms with Crippen molar-refractivity contribution < 1.29 is 9.94 Å². The van der Waals surface area contributed by atoms with Crippen LogP contribution in [-0.4, -0.2) is 5.21 Å². The van der Waals surface area contributed by atoms with E-state index in [1.165, 1.54) is 0 Å². The van der Waals surface area contributed by atoms with Crippen LogP contribution in [0, 0.1) is 0 Å². The van der Waals surface area contributed by atoms with Crippen LogP contribution in [0.5, 0.6) is 0 Å². The molecule has 2 nitrogen and oxygen atoms in total. The minimum Gasteiger partial charge on any atom is -0.285 e. The summed E-state index contributed by atoms with van der Waals surface area (Å²) in [5, 5.41) is 8.55. The molecule has 1 rings (SSSR count). The quantitative estimate of drug-likeness (QED) is 0.410. The van der Waals surface area contributed by atoms with E-state index in [0.717, 1.165) is 4.73 Å². The van der Waals surface area contributed by atoms with Crippen LogP contribution in [0.1, 0.15) is 13.8 Å². The van der Waals surface area contributed by atoms with Crippen LogP contribution in [-0.2, 0) is 0 Å². The summed E-state index contributed by atoms with van der Waals surface area (Å²) in [6.45, 7) is 4.00. The molecule has 0 spiro atoms. The van der Waals surface area contributed by atoms with Crippen molar-refractivity contribution >= 4 is 0 Å². The summed E-state index contributed by atoms with van der Waals surface area (Å²) in [7, 11) is 0. The molecule has 0 aliphatic heterocycles. The molecule has 1 heterocycles. The fraction of sp³-hybridized carbons (Fsp3) is 0.286. The van der Waals surface area contributed by atoms with Gasteiger partial charge in [0, 0.05) is 16.9 Å². The monoisotopic (exact) mass is 126 g/mol. The Morgan fingerprint density at radius 3 is 1.67 bits per heavy atom. The van der Waals surface area contributed by atoms with E-state index in [1.807, 2.05) is 19.9 Å². The van der Waals surface area contributed by atoms with E-state index in [9.17, 15) is 0 Å². The molecule has 0 radical (unpaired) electrons. The molecule has 1 aromatic heterocycles. The lowest BCUT2D eigenvalue weighted by molar-refractivity contribution is -0.904. The van der Waals surface area contributed by atoms with Gasteiger partial charge in [0.15, 0.2) is 0 Å². The second-order valence-corrected chi connectivity index (χ2v) is 1.26. The van der Waals surface area contributed by atoms with Crippen LogP contribution in [0.15, 0.2) is 30.6 Å². The van der Waals surface area contributed by atoms with E-state index in [0.29, 0.717) is 0 Å². The smallest absolute Gasteiger partial charge is 0.222 e. The second-order valence-electron chi connectivity index (χ2n) is 1.26. The van der Waals surface area contributed by atoms with Gasteiger partial charge in [-0.2, -0.15) is 0 Å². The minimum atomic E-state index is 1.00. The Morgan fingerprint density at radius 2 is 1.44 bits per heavy atom. The van der Waals surface area contributed by atoms with E-state index in [1.54, 1.807) is 24.5 Å². The van der Waals surface area contributed by atoms with Crippen LogP contribution < -0.4 is 4.73 Å². The molecule has 0 saturated carbocycles. The third-order valence-electron chi connectivity index (χ3n) is 0.700. The van der Waals surface area contributed by atoms with Crippen molar-refractivity contribution in [3.8, 4) is 0 Å². The number of aromatic nitrogens is 1. The van der Waals surface area contributed by atoms with Crippen LogP contribution in [0.2, 0.25) is 0 Å². The number of hydrogen-bond acceptors (Lipinski definition) is 1. The number of hydrogen-bond donors (Lipinski definition) is 1. The summed E-state index contributed by atoms with van der Waals surface area (Å²) >= 11 is 0. The third-order valence-corrected chi connectivity index (χ3v) is 0.700. The average Bonchev–Trinajstić information content (AvgIpc) is 1.94. The first kappa shape index (κ1) is 7.95. The molecule has 1 aromatic rings. The summed E-state index contributed by atoms with van der Waals surface area (Å²) in [5.74, 6) is 0. The normalized spacial score (nSPS) is 7.33. The average molecular weight is 126 g/mol. The van der Waals surface area contributed by atoms with Crippen molar-refractivity contribution in [1.29, 1.82) is 0 Å². The van der Waals surface area contributed by atoms with Crippen LogP contribution in [0.4, 0.5) is 0 Å². The molecule has 0 saturated heterocycles. The summed E-state index contributed by atoms with van der Waals surface area (Å²) in [4.78, 5) is 0. The first-order valence-corrected chi connectivity index (χ1v) is 3.05. The molecule has 0 amide bonds. The van der Waals surface area contributed by atoms with E-state index < -0.39 is 0 Å². The maximum absolute atomic E-state index is 8.55. The Morgan fingerprint density at radius 1 is 1.00 bits per heavy atom. The standard InChI is InChI=1S/C5H6NO.C2H6/c7-6-4-2-1-3-5-6;1-2/h1-5,7H;1-2H3/q+1;. The topological polar surface area (TPSA) is 24.1 Å². The van der Waals surface area contributed by atoms with E-state index in [4.69, 9.17) is 5.21 Å². The molecular formula is C7H12NO+. The van der Waals surface area contributed by atoms with Crippen molar-refractivity contribution in [2.24, 2.45) is 0 Å². The van der Waals surface area contributed by atoms with Gasteiger partial charge in [-0.15, -0.1) is 0 Å². The van der Waals surface area contributed by atoms with Gasteiger partial charge in [0.25, 0.3) is 0 Å². The SMILES string of the molecule is CC.O[n+]1ccccc1. The second kappa shape index (κ2) is 5.09. The highest BCUT2D eigenvalue weighted by Crippen LogP contribution is 1.71. The lowest BCUT2D eigenvalue weighted by Gasteiger charge is -1.74. The lowest BCUT2D eigenvalue weighted by Crippen LogP contribution is -2.27. The molecule has 0 atom stereocenters. The molecule has 50 valence electrons. The van der Waals surface area contributed by atoms with Crippen molar-refractivity contribution in [2.75, 3.05) is 0 Å². The van der Waals surface area contributed by atoms with Crippen molar-refractivity contribution in [2.45, 2.75) is 13.8 Å². The van der Waals surface area contributed by atoms with Crippen LogP contribution in [0.25, 0.3) is 0 Å². The van der Waals surface area contributed by atoms with E-state index in [2.05, 4.69) is 0 Å². The third kappa shape index (κ3) is 3.53. The zero-order valence-electron chi connectivity index (χ0n) is 5.78. The fourth-order valence-electron chi connectivity index (χ4n) is 0.390. The van der Waals surface area contributed by atoms with Crippen molar-refractivity contribution in [3.63, 3.8) is 0 Å². The summed E-state index contributed by atoms with van der Waals surface area (Å²) < 4.78 is 1.00. The molecule has 0 aliphatic carbocycles. The molecule has 0 aliphatic rings. The maximum atomic E-state index is 8.55. The van der Waals surface area contributed by atoms with Gasteiger partial charge in [-0.25, -0.2) is 0 Å². The molecule has 0 aromatic carbocycles. The highest BCUT2D eigenvalue weighted by atomic mass is 16.5. The number of pyridine rings is 1. The van der Waals surface area contributed by atoms with Gasteiger partial charge in [0.05, 0.1) is 0 Å². The van der Waals surface area contributed by atoms with Gasteiger partial charge in [0.1, 0.15) is 0 Å². The van der Waals surface area contributed by atoms with Gasteiger partial charge < -0.3 is 0 Å². The predicted octanol–water partition coefficient (Wildman–Crippen LogP) is 1.24. The summed E-state index contributed by atoms with van der Waals surface area (Å²) in [5.41, 5.74) is 0. The molecule has 2 heteroatoms. The zero-order valence-corrected chi connectivity index (χ0v) is 5.78. The summed E-state index contributed by atoms with van der Waals surface area (Å²) in [6.07, 6.45) is 3.11. The van der Waals surface area contributed by atoms with Gasteiger partial charge in [-0.1, -0.05) is 19.9 Å². The fourth-order valence-corrected chi connectivity index (χ4v) is 0.390. The zero-order chi connectivity index (χ0) is 7.11. The first-order chi connectivity index (χ1) is 4.39. The summed E-state index contributed by atoms with van der Waals surface area (Å²) in [6, 6.07) is 5.34. The Labute approximate surface area is 55.3 Å². The van der Waals surface area contributed by atoms with Crippen molar-refractivity contribution in [3.05, 3.63) is 30.6 Å². The molecule has 1 N–H and O–H groups in total. The first-order valence-electron chi connectivity index (χ1n) is 3.05. The highest BCUT2D eigenvalue weighted by molar-refractivity contribution is 4.82. The minimum absolute atomic E-state index is 1.00. The molecular weight excluding hydrogens is 114 g/mol. The Balaban J connectivity index is 0.000000291. The maximum Gasteiger partial charge on any atom is 0.222 e. The van der Waals surface area contributed by atoms with Crippen LogP contribution >= 0.6 is 0 Å². The largest absolute Gasteiger partial charge is 0.285 e. The van der Waals surface area contributed by atoms with Crippen molar-refractivity contribution in [1.82, 2.24) is 0 Å². The molecule has 9 heavy (non-hydrogen) atoms. The Hall–Kier alpha value is -1.05. The highest BCUT2D eigenvalue weighted by Gasteiger charge is 1.82. The molecule has 0 fully saturated rings. The predicted molar refractivity (Wildman–Crippen MR) is 35.2 cm³/mol. The molecule has 0 unspecified atom stereocenters. The van der Waals surface area contributed by atoms with Crippen LogP contribution in [0.3, 0.4) is 0 Å². The van der Waals surface area contributed by atoms with E-state index in [-0.39, 0.29) is 0 Å².